The van der Waals surface area contributed by atoms with Crippen molar-refractivity contribution in [1.29, 1.82) is 0 Å². The van der Waals surface area contributed by atoms with Crippen molar-refractivity contribution in [1.82, 2.24) is 15.6 Å². The molecule has 4 aliphatic rings. The van der Waals surface area contributed by atoms with Gasteiger partial charge in [0.05, 0.1) is 17.3 Å². The summed E-state index contributed by atoms with van der Waals surface area (Å²) in [5, 5.41) is 15.9. The van der Waals surface area contributed by atoms with Gasteiger partial charge in [-0.25, -0.2) is 13.8 Å². The summed E-state index contributed by atoms with van der Waals surface area (Å²) in [7, 11) is 0. The minimum Gasteiger partial charge on any atom is -0.394 e. The number of alkyl halides is 5. The Labute approximate surface area is 305 Å². The summed E-state index contributed by atoms with van der Waals surface area (Å²) in [5.41, 5.74) is 2.18. The van der Waals surface area contributed by atoms with Gasteiger partial charge >= 0.3 is 6.18 Å². The maximum Gasteiger partial charge on any atom is 0.431 e. The fraction of sp³-hybridized carbons (Fsp3) is 0.385. The van der Waals surface area contributed by atoms with E-state index in [9.17, 15) is 36.6 Å². The number of benzene rings is 2. The van der Waals surface area contributed by atoms with Crippen LogP contribution >= 0.6 is 0 Å². The third kappa shape index (κ3) is 6.95. The Kier molecular flexibility index (Phi) is 8.91. The Morgan fingerprint density at radius 3 is 2.39 bits per heavy atom. The van der Waals surface area contributed by atoms with Crippen molar-refractivity contribution < 1.29 is 45.4 Å². The molecule has 7 rings (SSSR count). The summed E-state index contributed by atoms with van der Waals surface area (Å²) in [6, 6.07) is 9.81. The zero-order chi connectivity index (χ0) is 39.0. The number of aromatic nitrogens is 1. The number of pyridine rings is 1. The molecule has 3 aliphatic carbocycles. The van der Waals surface area contributed by atoms with E-state index < -0.39 is 82.2 Å². The van der Waals surface area contributed by atoms with Crippen molar-refractivity contribution in [3.05, 3.63) is 99.5 Å². The Hall–Kier alpha value is -5.23. The summed E-state index contributed by atoms with van der Waals surface area (Å²) in [5.74, 6) is -4.11. The van der Waals surface area contributed by atoms with E-state index in [0.29, 0.717) is 22.8 Å². The molecule has 2 amide bonds. The second kappa shape index (κ2) is 13.0. The quantitative estimate of drug-likeness (QED) is 0.170. The molecule has 2 heterocycles. The highest BCUT2D eigenvalue weighted by molar-refractivity contribution is 6.10. The lowest BCUT2D eigenvalue weighted by molar-refractivity contribution is -0.120. The number of hydrogen-bond donors (Lipinski definition) is 4. The maximum absolute atomic E-state index is 15.4. The highest BCUT2D eigenvalue weighted by Crippen LogP contribution is 2.58. The van der Waals surface area contributed by atoms with Crippen LogP contribution in [0.15, 0.2) is 64.8 Å². The van der Waals surface area contributed by atoms with Gasteiger partial charge in [0, 0.05) is 28.7 Å². The van der Waals surface area contributed by atoms with E-state index in [2.05, 4.69) is 32.5 Å². The minimum atomic E-state index is -5.11. The zero-order valence-electron chi connectivity index (χ0n) is 29.0. The average Bonchev–Trinajstić information content (AvgIpc) is 3.74. The summed E-state index contributed by atoms with van der Waals surface area (Å²) in [6.07, 6.45) is -3.85. The fourth-order valence-electron chi connectivity index (χ4n) is 7.51. The normalized spacial score (nSPS) is 22.8. The van der Waals surface area contributed by atoms with Crippen molar-refractivity contribution in [2.45, 2.75) is 75.2 Å². The highest BCUT2D eigenvalue weighted by Gasteiger charge is 2.63. The minimum absolute atomic E-state index is 0.0454. The molecule has 2 aromatic carbocycles. The first-order chi connectivity index (χ1) is 25.3. The maximum atomic E-state index is 15.4. The van der Waals surface area contributed by atoms with Gasteiger partial charge in [-0.3, -0.25) is 14.6 Å². The Morgan fingerprint density at radius 2 is 1.78 bits per heavy atom. The van der Waals surface area contributed by atoms with Crippen LogP contribution in [-0.2, 0) is 16.8 Å². The number of carbonyl (C=O) groups excluding carboxylic acids is 2. The molecule has 0 radical (unpaired) electrons. The van der Waals surface area contributed by atoms with Crippen LogP contribution in [0.5, 0.6) is 0 Å². The number of halogens is 7. The van der Waals surface area contributed by atoms with Crippen molar-refractivity contribution in [3.8, 4) is 23.0 Å². The van der Waals surface area contributed by atoms with Crippen molar-refractivity contribution in [2.24, 2.45) is 22.6 Å². The van der Waals surface area contributed by atoms with E-state index in [0.717, 1.165) is 30.5 Å². The van der Waals surface area contributed by atoms with Crippen LogP contribution in [-0.4, -0.2) is 51.9 Å². The van der Waals surface area contributed by atoms with Gasteiger partial charge in [-0.1, -0.05) is 18.1 Å². The zero-order valence-corrected chi connectivity index (χ0v) is 29.0. The lowest BCUT2D eigenvalue weighted by atomic mass is 9.73. The number of nitrogens with one attached hydrogen (secondary N) is 2. The molecule has 282 valence electrons. The molecular formula is C39H34F7N5O3. The average molecular weight is 754 g/mol. The number of nitrogens with zero attached hydrogens (tertiary/aromatic N) is 2. The first-order valence-corrected chi connectivity index (χ1v) is 17.2. The monoisotopic (exact) mass is 753 g/mol. The second-order valence-electron chi connectivity index (χ2n) is 14.7. The van der Waals surface area contributed by atoms with Crippen LogP contribution < -0.4 is 16.4 Å². The van der Waals surface area contributed by atoms with E-state index in [1.807, 2.05) is 0 Å². The van der Waals surface area contributed by atoms with Crippen molar-refractivity contribution >= 4 is 17.5 Å². The number of carbonyl (C=O) groups is 2. The lowest BCUT2D eigenvalue weighted by Gasteiger charge is -2.33. The predicted octanol–water partition coefficient (Wildman–Crippen LogP) is 6.17. The fourth-order valence-corrected chi connectivity index (χ4v) is 7.51. The van der Waals surface area contributed by atoms with E-state index in [-0.39, 0.29) is 42.1 Å². The number of allylic oxidation sites excluding steroid dienone is 2. The van der Waals surface area contributed by atoms with Crippen LogP contribution in [0.1, 0.15) is 78.4 Å². The largest absolute Gasteiger partial charge is 0.431 e. The molecule has 5 N–H and O–H groups in total. The molecular weight excluding hydrogens is 719 g/mol. The lowest BCUT2D eigenvalue weighted by Crippen LogP contribution is -2.37. The number of fused-ring (bicyclic) bond motifs is 3. The van der Waals surface area contributed by atoms with Crippen LogP contribution in [0.2, 0.25) is 0 Å². The molecule has 54 heavy (non-hydrogen) atoms. The van der Waals surface area contributed by atoms with Crippen LogP contribution in [0.3, 0.4) is 0 Å². The Morgan fingerprint density at radius 1 is 1.07 bits per heavy atom. The summed E-state index contributed by atoms with van der Waals surface area (Å²) >= 11 is 0. The number of aliphatic hydroxyl groups is 1. The second-order valence-corrected chi connectivity index (χ2v) is 14.7. The molecule has 1 spiro atoms. The number of hydrogen-bond acceptors (Lipinski definition) is 6. The van der Waals surface area contributed by atoms with E-state index in [1.165, 1.54) is 19.9 Å². The summed E-state index contributed by atoms with van der Waals surface area (Å²) in [4.78, 5) is 35.0. The van der Waals surface area contributed by atoms with Gasteiger partial charge in [-0.2, -0.15) is 22.0 Å². The van der Waals surface area contributed by atoms with Gasteiger partial charge in [0.1, 0.15) is 40.9 Å². The predicted molar refractivity (Wildman–Crippen MR) is 183 cm³/mol. The number of rotatable bonds is 7. The SMILES string of the molecule is CC(C)(O)C#Cc1ccc(-c2ccc3c(c2)C(=O)NC32CC2)c([C@H](Cc2cc(F)cc(F)c2)NC(=O)CN=C2C(=C(N)C(F)(F)F)[C@H]3CC[C@H]3C2(F)F)n1. The van der Waals surface area contributed by atoms with Gasteiger partial charge in [-0.15, -0.1) is 0 Å². The van der Waals surface area contributed by atoms with Crippen molar-refractivity contribution in [2.75, 3.05) is 6.54 Å². The van der Waals surface area contributed by atoms with E-state index in [1.54, 1.807) is 24.3 Å². The van der Waals surface area contributed by atoms with Gasteiger partial charge < -0.3 is 21.5 Å². The standard InChI is InChI=1S/C39H34F7N5O3/c1-36(2,54)10-9-23-4-5-24(20-3-7-27-26(16-20)35(53)51-37(27)11-12-37)32(49-23)29(15-19-13-21(40)17-22(41)14-19)50-30(52)18-48-34-31(33(47)39(44,45)46)25-6-8-28(25)38(34,42)43/h3-5,7,13-14,16-17,25,28-29,54H,6,8,11-12,15,18,47H2,1-2H3,(H,50,52)(H,51,53)/t25-,28+,29-/m0/s1. The Bertz CT molecular complexity index is 2190. The van der Waals surface area contributed by atoms with E-state index in [4.69, 9.17) is 5.73 Å². The first-order valence-electron chi connectivity index (χ1n) is 17.2. The van der Waals surface area contributed by atoms with E-state index >= 15 is 8.78 Å². The molecule has 0 bridgehead atoms. The molecule has 0 saturated heterocycles. The summed E-state index contributed by atoms with van der Waals surface area (Å²) < 4.78 is 101. The molecule has 1 aliphatic heterocycles. The third-order valence-corrected chi connectivity index (χ3v) is 10.3. The number of amides is 2. The third-order valence-electron chi connectivity index (χ3n) is 10.3. The van der Waals surface area contributed by atoms with Gasteiger partial charge in [0.25, 0.3) is 11.8 Å². The van der Waals surface area contributed by atoms with Crippen LogP contribution in [0, 0.1) is 35.3 Å². The van der Waals surface area contributed by atoms with Crippen LogP contribution in [0.25, 0.3) is 11.1 Å². The van der Waals surface area contributed by atoms with Crippen molar-refractivity contribution in [3.63, 3.8) is 0 Å². The Balaban J connectivity index is 1.31. The summed E-state index contributed by atoms with van der Waals surface area (Å²) in [6.45, 7) is 1.85. The first kappa shape index (κ1) is 37.1. The number of aliphatic imine (C=N–C) groups is 1. The molecule has 8 nitrogen and oxygen atoms in total. The van der Waals surface area contributed by atoms with Crippen LogP contribution in [0.4, 0.5) is 30.7 Å². The molecule has 15 heteroatoms. The topological polar surface area (TPSA) is 130 Å². The molecule has 1 aromatic heterocycles. The molecule has 3 fully saturated rings. The molecule has 3 aromatic rings. The molecule has 3 atom stereocenters. The number of nitrogens with two attached hydrogens (primary N) is 1. The van der Waals surface area contributed by atoms with Gasteiger partial charge in [0.15, 0.2) is 0 Å². The molecule has 0 unspecified atom stereocenters. The smallest absolute Gasteiger partial charge is 0.394 e. The molecule has 3 saturated carbocycles. The highest BCUT2D eigenvalue weighted by atomic mass is 19.4. The van der Waals surface area contributed by atoms with Gasteiger partial charge in [0.2, 0.25) is 5.91 Å². The van der Waals surface area contributed by atoms with Gasteiger partial charge in [-0.05, 0) is 105 Å².